The van der Waals surface area contributed by atoms with Crippen molar-refractivity contribution in [2.75, 3.05) is 0 Å². The largest absolute Gasteiger partial charge is 0.385 e. The van der Waals surface area contributed by atoms with E-state index in [0.717, 1.165) is 19.3 Å². The van der Waals surface area contributed by atoms with Crippen molar-refractivity contribution in [3.8, 4) is 0 Å². The van der Waals surface area contributed by atoms with Crippen LogP contribution in [-0.4, -0.2) is 10.7 Å². The smallest absolute Gasteiger partial charge is 0.0859 e. The van der Waals surface area contributed by atoms with Crippen LogP contribution in [0.2, 0.25) is 0 Å². The molecule has 0 aromatic rings. The Morgan fingerprint density at radius 1 is 1.39 bits per heavy atom. The van der Waals surface area contributed by atoms with Crippen LogP contribution in [-0.2, 0) is 0 Å². The predicted molar refractivity (Wildman–Crippen MR) is 77.3 cm³/mol. The van der Waals surface area contributed by atoms with E-state index >= 15 is 0 Å². The van der Waals surface area contributed by atoms with Crippen LogP contribution < -0.4 is 0 Å². The molecule has 1 unspecified atom stereocenters. The highest BCUT2D eigenvalue weighted by Gasteiger charge is 2.56. The van der Waals surface area contributed by atoms with Crippen molar-refractivity contribution in [1.29, 1.82) is 0 Å². The minimum atomic E-state index is -0.747. The first-order chi connectivity index (χ1) is 8.28. The normalized spacial score (nSPS) is 47.4. The molecule has 1 heteroatoms. The Morgan fingerprint density at radius 3 is 2.67 bits per heavy atom. The van der Waals surface area contributed by atoms with Gasteiger partial charge in [0.2, 0.25) is 0 Å². The zero-order chi connectivity index (χ0) is 13.6. The molecule has 2 rings (SSSR count). The maximum Gasteiger partial charge on any atom is 0.0859 e. The van der Waals surface area contributed by atoms with Gasteiger partial charge in [0.25, 0.3) is 0 Å². The maximum absolute atomic E-state index is 10.8. The molecule has 0 radical (unpaired) electrons. The zero-order valence-corrected chi connectivity index (χ0v) is 12.2. The molecule has 2 aliphatic rings. The Hall–Kier alpha value is -0.820. The lowest BCUT2D eigenvalue weighted by molar-refractivity contribution is -0.0937. The SMILES string of the molecule is C=CC[C@@]1(C)[C@@H]2CCC=C(C)[C@@]2(C)C=CC1(C)O. The third kappa shape index (κ3) is 1.64. The fourth-order valence-corrected chi connectivity index (χ4v) is 4.02. The maximum atomic E-state index is 10.8. The van der Waals surface area contributed by atoms with Gasteiger partial charge in [-0.25, -0.2) is 0 Å². The fraction of sp³-hybridized carbons (Fsp3) is 0.647. The molecule has 0 amide bonds. The number of rotatable bonds is 2. The minimum absolute atomic E-state index is 0.0955. The molecule has 4 atom stereocenters. The second-order valence-electron chi connectivity index (χ2n) is 6.69. The van der Waals surface area contributed by atoms with Gasteiger partial charge in [0, 0.05) is 10.8 Å². The standard InChI is InChI=1S/C17H26O/c1-6-10-16(4)14-9-7-8-13(2)15(14,3)11-12-17(16,5)18/h6,8,11-12,14,18H,1,7,9-10H2,2-5H3/t14-,15-,16+,17?/m1/s1. The minimum Gasteiger partial charge on any atom is -0.385 e. The molecular weight excluding hydrogens is 220 g/mol. The van der Waals surface area contributed by atoms with E-state index in [2.05, 4.69) is 39.5 Å². The van der Waals surface area contributed by atoms with Crippen LogP contribution in [0.15, 0.2) is 36.5 Å². The van der Waals surface area contributed by atoms with Crippen molar-refractivity contribution in [2.45, 2.75) is 52.6 Å². The van der Waals surface area contributed by atoms with Gasteiger partial charge in [-0.05, 0) is 39.0 Å². The van der Waals surface area contributed by atoms with Crippen molar-refractivity contribution in [3.05, 3.63) is 36.5 Å². The van der Waals surface area contributed by atoms with Crippen LogP contribution in [0.3, 0.4) is 0 Å². The van der Waals surface area contributed by atoms with Gasteiger partial charge in [0.15, 0.2) is 0 Å². The average molecular weight is 246 g/mol. The van der Waals surface area contributed by atoms with E-state index in [-0.39, 0.29) is 10.8 Å². The lowest BCUT2D eigenvalue weighted by Crippen LogP contribution is -2.55. The summed E-state index contributed by atoms with van der Waals surface area (Å²) in [5, 5.41) is 10.8. The molecule has 18 heavy (non-hydrogen) atoms. The lowest BCUT2D eigenvalue weighted by atomic mass is 9.48. The van der Waals surface area contributed by atoms with Crippen LogP contribution >= 0.6 is 0 Å². The summed E-state index contributed by atoms with van der Waals surface area (Å²) in [6.07, 6.45) is 11.7. The molecular formula is C17H26O. The Kier molecular flexibility index (Phi) is 3.09. The third-order valence-corrected chi connectivity index (χ3v) is 5.73. The molecule has 100 valence electrons. The molecule has 1 nitrogen and oxygen atoms in total. The summed E-state index contributed by atoms with van der Waals surface area (Å²) in [6.45, 7) is 12.6. The van der Waals surface area contributed by atoms with E-state index in [0.29, 0.717) is 5.92 Å². The van der Waals surface area contributed by atoms with Gasteiger partial charge < -0.3 is 5.11 Å². The topological polar surface area (TPSA) is 20.2 Å². The van der Waals surface area contributed by atoms with E-state index < -0.39 is 5.60 Å². The van der Waals surface area contributed by atoms with Crippen LogP contribution in [0.1, 0.15) is 47.0 Å². The summed E-state index contributed by atoms with van der Waals surface area (Å²) in [4.78, 5) is 0. The number of hydrogen-bond donors (Lipinski definition) is 1. The number of hydrogen-bond acceptors (Lipinski definition) is 1. The summed E-state index contributed by atoms with van der Waals surface area (Å²) < 4.78 is 0. The zero-order valence-electron chi connectivity index (χ0n) is 12.2. The van der Waals surface area contributed by atoms with E-state index in [1.165, 1.54) is 5.57 Å². The summed E-state index contributed by atoms with van der Waals surface area (Å²) in [6, 6.07) is 0. The first-order valence-electron chi connectivity index (χ1n) is 6.99. The van der Waals surface area contributed by atoms with Crippen molar-refractivity contribution < 1.29 is 5.11 Å². The summed E-state index contributed by atoms with van der Waals surface area (Å²) >= 11 is 0. The number of allylic oxidation sites excluding steroid dienone is 4. The van der Waals surface area contributed by atoms with E-state index in [1.807, 2.05) is 19.1 Å². The molecule has 1 N–H and O–H groups in total. The average Bonchev–Trinajstić information content (AvgIpc) is 2.29. The fourth-order valence-electron chi connectivity index (χ4n) is 4.02. The Balaban J connectivity index is 2.57. The monoisotopic (exact) mass is 246 g/mol. The van der Waals surface area contributed by atoms with Gasteiger partial charge >= 0.3 is 0 Å². The van der Waals surface area contributed by atoms with Gasteiger partial charge in [-0.1, -0.05) is 43.7 Å². The van der Waals surface area contributed by atoms with E-state index in [9.17, 15) is 5.11 Å². The Labute approximate surface area is 111 Å². The van der Waals surface area contributed by atoms with Crippen molar-refractivity contribution in [3.63, 3.8) is 0 Å². The second-order valence-corrected chi connectivity index (χ2v) is 6.69. The van der Waals surface area contributed by atoms with Gasteiger partial charge in [-0.3, -0.25) is 0 Å². The highest BCUT2D eigenvalue weighted by atomic mass is 16.3. The molecule has 0 aromatic heterocycles. The quantitative estimate of drug-likeness (QED) is 0.722. The molecule has 0 spiro atoms. The molecule has 0 aromatic carbocycles. The van der Waals surface area contributed by atoms with Gasteiger partial charge in [-0.2, -0.15) is 0 Å². The van der Waals surface area contributed by atoms with Crippen molar-refractivity contribution >= 4 is 0 Å². The second kappa shape index (κ2) is 4.09. The molecule has 0 saturated heterocycles. The van der Waals surface area contributed by atoms with Gasteiger partial charge in [0.05, 0.1) is 5.60 Å². The highest BCUT2D eigenvalue weighted by Crippen LogP contribution is 2.59. The lowest BCUT2D eigenvalue weighted by Gasteiger charge is -2.57. The number of fused-ring (bicyclic) bond motifs is 1. The molecule has 0 fully saturated rings. The predicted octanol–water partition coefficient (Wildman–Crippen LogP) is 4.25. The third-order valence-electron chi connectivity index (χ3n) is 5.73. The van der Waals surface area contributed by atoms with E-state index in [1.54, 1.807) is 0 Å². The van der Waals surface area contributed by atoms with Crippen LogP contribution in [0.5, 0.6) is 0 Å². The van der Waals surface area contributed by atoms with E-state index in [4.69, 9.17) is 0 Å². The van der Waals surface area contributed by atoms with Gasteiger partial charge in [-0.15, -0.1) is 6.58 Å². The van der Waals surface area contributed by atoms with Crippen molar-refractivity contribution in [1.82, 2.24) is 0 Å². The molecule has 0 aliphatic heterocycles. The van der Waals surface area contributed by atoms with Crippen LogP contribution in [0.4, 0.5) is 0 Å². The van der Waals surface area contributed by atoms with Crippen LogP contribution in [0, 0.1) is 16.7 Å². The summed E-state index contributed by atoms with van der Waals surface area (Å²) in [7, 11) is 0. The number of aliphatic hydroxyl groups is 1. The summed E-state index contributed by atoms with van der Waals surface area (Å²) in [5.41, 5.74) is 0.662. The Bertz CT molecular complexity index is 415. The molecule has 0 saturated carbocycles. The summed E-state index contributed by atoms with van der Waals surface area (Å²) in [5.74, 6) is 0.480. The first-order valence-corrected chi connectivity index (χ1v) is 6.99. The highest BCUT2D eigenvalue weighted by molar-refractivity contribution is 5.32. The molecule has 0 bridgehead atoms. The Morgan fingerprint density at radius 2 is 2.06 bits per heavy atom. The first kappa shape index (κ1) is 13.6. The van der Waals surface area contributed by atoms with Crippen molar-refractivity contribution in [2.24, 2.45) is 16.7 Å². The molecule has 2 aliphatic carbocycles. The van der Waals surface area contributed by atoms with Gasteiger partial charge in [0.1, 0.15) is 0 Å². The molecule has 0 heterocycles. The van der Waals surface area contributed by atoms with Crippen LogP contribution in [0.25, 0.3) is 0 Å².